The lowest BCUT2D eigenvalue weighted by atomic mass is 10.2. The Hall–Kier alpha value is -1.67. The number of benzene rings is 1. The molecule has 0 aromatic heterocycles. The maximum Gasteiger partial charge on any atom is 0.272 e. The molecule has 0 saturated heterocycles. The number of nitro benzene ring substituents is 1. The predicted octanol–water partition coefficient (Wildman–Crippen LogP) is 3.21. The molecule has 90 valence electrons. The van der Waals surface area contributed by atoms with Gasteiger partial charge in [0.15, 0.2) is 0 Å². The number of alkyl halides is 3. The van der Waals surface area contributed by atoms with Gasteiger partial charge in [-0.2, -0.15) is 0 Å². The molecule has 0 radical (unpaired) electrons. The van der Waals surface area contributed by atoms with Gasteiger partial charge in [-0.1, -0.05) is 11.8 Å². The molecule has 0 aliphatic carbocycles. The third-order valence-electron chi connectivity index (χ3n) is 1.85. The summed E-state index contributed by atoms with van der Waals surface area (Å²) in [7, 11) is 0. The summed E-state index contributed by atoms with van der Waals surface area (Å²) in [5, 5.41) is 10.4. The Kier molecular flexibility index (Phi) is 4.41. The monoisotopic (exact) mass is 259 g/mol. The van der Waals surface area contributed by atoms with E-state index in [1.54, 1.807) is 0 Å². The van der Waals surface area contributed by atoms with E-state index in [4.69, 9.17) is 11.6 Å². The summed E-state index contributed by atoms with van der Waals surface area (Å²) in [6, 6.07) is 5.35. The predicted molar refractivity (Wildman–Crippen MR) is 60.3 cm³/mol. The Morgan fingerprint density at radius 3 is 2.41 bits per heavy atom. The van der Waals surface area contributed by atoms with Crippen molar-refractivity contribution in [3.05, 3.63) is 39.9 Å². The molecule has 0 aliphatic rings. The van der Waals surface area contributed by atoms with Gasteiger partial charge in [0.1, 0.15) is 0 Å². The van der Waals surface area contributed by atoms with Crippen molar-refractivity contribution in [2.45, 2.75) is 12.3 Å². The maximum atomic E-state index is 12.7. The molecule has 17 heavy (non-hydrogen) atoms. The standard InChI is InChI=1S/C11H8ClF2NO2/c12-8-11(13,14)7-1-2-9-3-5-10(6-4-9)15(16)17/h3-6H,7-8H2. The van der Waals surface area contributed by atoms with Gasteiger partial charge in [-0.15, -0.1) is 11.6 Å². The fourth-order valence-electron chi connectivity index (χ4n) is 0.989. The SMILES string of the molecule is O=[N+]([O-])c1ccc(C#CCC(F)(F)CCl)cc1. The molecule has 1 aromatic carbocycles. The summed E-state index contributed by atoms with van der Waals surface area (Å²) >= 11 is 5.04. The molecular formula is C11H8ClF2NO2. The molecule has 0 amide bonds. The third-order valence-corrected chi connectivity index (χ3v) is 2.24. The van der Waals surface area contributed by atoms with Crippen LogP contribution in [0.15, 0.2) is 24.3 Å². The van der Waals surface area contributed by atoms with Crippen LogP contribution in [0.4, 0.5) is 14.5 Å². The summed E-state index contributed by atoms with van der Waals surface area (Å²) in [6.45, 7) is 0. The van der Waals surface area contributed by atoms with Gasteiger partial charge >= 0.3 is 0 Å². The van der Waals surface area contributed by atoms with Crippen LogP contribution in [0.5, 0.6) is 0 Å². The summed E-state index contributed by atoms with van der Waals surface area (Å²) in [5.74, 6) is 0.997. The van der Waals surface area contributed by atoms with E-state index in [9.17, 15) is 18.9 Å². The zero-order chi connectivity index (χ0) is 12.9. The van der Waals surface area contributed by atoms with Crippen molar-refractivity contribution in [2.75, 3.05) is 5.88 Å². The lowest BCUT2D eigenvalue weighted by Gasteiger charge is -2.06. The zero-order valence-corrected chi connectivity index (χ0v) is 9.38. The van der Waals surface area contributed by atoms with Crippen molar-refractivity contribution < 1.29 is 13.7 Å². The topological polar surface area (TPSA) is 43.1 Å². The first kappa shape index (κ1) is 13.4. The molecule has 0 unspecified atom stereocenters. The van der Waals surface area contributed by atoms with Crippen LogP contribution in [0.3, 0.4) is 0 Å². The zero-order valence-electron chi connectivity index (χ0n) is 8.62. The van der Waals surface area contributed by atoms with Gasteiger partial charge in [0.25, 0.3) is 11.6 Å². The number of halogens is 3. The highest BCUT2D eigenvalue weighted by Crippen LogP contribution is 2.19. The van der Waals surface area contributed by atoms with E-state index < -0.39 is 23.1 Å². The highest BCUT2D eigenvalue weighted by Gasteiger charge is 2.25. The lowest BCUT2D eigenvalue weighted by Crippen LogP contribution is -2.16. The van der Waals surface area contributed by atoms with Gasteiger partial charge in [-0.25, -0.2) is 8.78 Å². The van der Waals surface area contributed by atoms with E-state index in [1.165, 1.54) is 24.3 Å². The fraction of sp³-hybridized carbons (Fsp3) is 0.273. The van der Waals surface area contributed by atoms with Crippen LogP contribution >= 0.6 is 11.6 Å². The number of rotatable bonds is 3. The Labute approximate surface area is 102 Å². The number of non-ortho nitro benzene ring substituents is 1. The molecule has 0 spiro atoms. The first-order valence-corrected chi connectivity index (χ1v) is 5.15. The molecule has 3 nitrogen and oxygen atoms in total. The van der Waals surface area contributed by atoms with Gasteiger partial charge in [-0.05, 0) is 12.1 Å². The minimum atomic E-state index is -3.00. The highest BCUT2D eigenvalue weighted by atomic mass is 35.5. The molecule has 1 rings (SSSR count). The molecule has 6 heteroatoms. The molecule has 0 bridgehead atoms. The average Bonchev–Trinajstić information content (AvgIpc) is 2.29. The van der Waals surface area contributed by atoms with Crippen LogP contribution in [0.2, 0.25) is 0 Å². The third kappa shape index (κ3) is 4.37. The fourth-order valence-corrected chi connectivity index (χ4v) is 1.08. The number of hydrogen-bond donors (Lipinski definition) is 0. The number of hydrogen-bond acceptors (Lipinski definition) is 2. The molecule has 0 N–H and O–H groups in total. The smallest absolute Gasteiger partial charge is 0.258 e. The van der Waals surface area contributed by atoms with Crippen LogP contribution in [0.25, 0.3) is 0 Å². The van der Waals surface area contributed by atoms with Crippen molar-refractivity contribution in [1.82, 2.24) is 0 Å². The quantitative estimate of drug-likeness (QED) is 0.362. The molecule has 0 heterocycles. The van der Waals surface area contributed by atoms with Crippen molar-refractivity contribution in [2.24, 2.45) is 0 Å². The van der Waals surface area contributed by atoms with Gasteiger partial charge in [-0.3, -0.25) is 10.1 Å². The van der Waals surface area contributed by atoms with E-state index in [0.29, 0.717) is 5.56 Å². The van der Waals surface area contributed by atoms with E-state index in [0.717, 1.165) is 0 Å². The van der Waals surface area contributed by atoms with E-state index in [2.05, 4.69) is 11.8 Å². The van der Waals surface area contributed by atoms with Crippen LogP contribution < -0.4 is 0 Å². The van der Waals surface area contributed by atoms with Crippen LogP contribution in [-0.2, 0) is 0 Å². The summed E-state index contributed by atoms with van der Waals surface area (Å²) < 4.78 is 25.4. The summed E-state index contributed by atoms with van der Waals surface area (Å²) in [6.07, 6.45) is -0.631. The van der Waals surface area contributed by atoms with E-state index >= 15 is 0 Å². The Morgan fingerprint density at radius 1 is 1.35 bits per heavy atom. The van der Waals surface area contributed by atoms with Gasteiger partial charge in [0, 0.05) is 17.7 Å². The Balaban J connectivity index is 2.70. The molecular weight excluding hydrogens is 252 g/mol. The summed E-state index contributed by atoms with van der Waals surface area (Å²) in [4.78, 5) is 9.81. The lowest BCUT2D eigenvalue weighted by molar-refractivity contribution is -0.384. The van der Waals surface area contributed by atoms with Crippen molar-refractivity contribution in [3.63, 3.8) is 0 Å². The van der Waals surface area contributed by atoms with Crippen LogP contribution in [-0.4, -0.2) is 16.7 Å². The Bertz CT molecular complexity index is 463. The van der Waals surface area contributed by atoms with E-state index in [-0.39, 0.29) is 5.69 Å². The van der Waals surface area contributed by atoms with Gasteiger partial charge in [0.05, 0.1) is 17.2 Å². The van der Waals surface area contributed by atoms with Gasteiger partial charge in [0.2, 0.25) is 0 Å². The van der Waals surface area contributed by atoms with E-state index in [1.807, 2.05) is 0 Å². The second-order valence-electron chi connectivity index (χ2n) is 3.27. The first-order chi connectivity index (χ1) is 7.94. The Morgan fingerprint density at radius 2 is 1.94 bits per heavy atom. The minimum Gasteiger partial charge on any atom is -0.258 e. The molecule has 1 aromatic rings. The van der Waals surface area contributed by atoms with Gasteiger partial charge < -0.3 is 0 Å². The summed E-state index contributed by atoms with van der Waals surface area (Å²) in [5.41, 5.74) is 0.377. The number of nitro groups is 1. The molecule has 0 aliphatic heterocycles. The largest absolute Gasteiger partial charge is 0.272 e. The second-order valence-corrected chi connectivity index (χ2v) is 3.54. The number of nitrogens with zero attached hydrogens (tertiary/aromatic N) is 1. The van der Waals surface area contributed by atoms with Crippen molar-refractivity contribution in [1.29, 1.82) is 0 Å². The molecule has 0 saturated carbocycles. The second kappa shape index (κ2) is 5.60. The maximum absolute atomic E-state index is 12.7. The van der Waals surface area contributed by atoms with Crippen molar-refractivity contribution >= 4 is 17.3 Å². The first-order valence-electron chi connectivity index (χ1n) is 4.62. The minimum absolute atomic E-state index is 0.0679. The highest BCUT2D eigenvalue weighted by molar-refractivity contribution is 6.18. The van der Waals surface area contributed by atoms with Crippen LogP contribution in [0.1, 0.15) is 12.0 Å². The molecule has 0 atom stereocenters. The normalized spacial score (nSPS) is 10.5. The van der Waals surface area contributed by atoms with Crippen molar-refractivity contribution in [3.8, 4) is 11.8 Å². The van der Waals surface area contributed by atoms with Crippen LogP contribution in [0, 0.1) is 22.0 Å². The molecule has 0 fully saturated rings. The average molecular weight is 260 g/mol.